The van der Waals surface area contributed by atoms with Gasteiger partial charge in [-0.05, 0) is 6.23 Å². The van der Waals surface area contributed by atoms with Crippen LogP contribution in [0.25, 0.3) is 0 Å². The van der Waals surface area contributed by atoms with Crippen LogP contribution in [0.5, 0.6) is 0 Å². The first-order valence-electron chi connectivity index (χ1n) is 3.78. The van der Waals surface area contributed by atoms with Crippen LogP contribution in [0.4, 0.5) is 0 Å². The highest BCUT2D eigenvalue weighted by molar-refractivity contribution is 5.79. The Morgan fingerprint density at radius 3 is 2.77 bits per heavy atom. The Kier molecular flexibility index (Phi) is 3.38. The molecule has 1 unspecified atom stereocenters. The first kappa shape index (κ1) is 10.1. The van der Waals surface area contributed by atoms with Crippen molar-refractivity contribution in [1.82, 2.24) is 0 Å². The van der Waals surface area contributed by atoms with Gasteiger partial charge in [-0.15, -0.1) is 0 Å². The van der Waals surface area contributed by atoms with E-state index in [2.05, 4.69) is 0 Å². The van der Waals surface area contributed by atoms with Crippen molar-refractivity contribution in [3.63, 3.8) is 0 Å². The van der Waals surface area contributed by atoms with E-state index in [4.69, 9.17) is 9.47 Å². The van der Waals surface area contributed by atoms with E-state index in [1.807, 2.05) is 0 Å². The number of quaternary nitrogens is 1. The number of hydrogen-bond acceptors (Lipinski definition) is 3. The Hall–Kier alpha value is -0.950. The normalized spacial score (nSPS) is 22.4. The average Bonchev–Trinajstić information content (AvgIpc) is 2.36. The minimum Gasteiger partial charge on any atom is -0.564 e. The molecular formula is C7H14N2O4. The molecule has 6 heteroatoms. The predicted octanol–water partition coefficient (Wildman–Crippen LogP) is -1.96. The van der Waals surface area contributed by atoms with Crippen LogP contribution < -0.4 is 4.90 Å². The molecule has 1 aliphatic heterocycles. The lowest BCUT2D eigenvalue weighted by atomic mass is 10.5. The summed E-state index contributed by atoms with van der Waals surface area (Å²) in [5.41, 5.74) is 0. The molecule has 0 aromatic heterocycles. The summed E-state index contributed by atoms with van der Waals surface area (Å²) in [5.74, 6) is -0.200. The van der Waals surface area contributed by atoms with Crippen LogP contribution in [0.2, 0.25) is 0 Å². The van der Waals surface area contributed by atoms with Gasteiger partial charge in [0.25, 0.3) is 0 Å². The van der Waals surface area contributed by atoms with Gasteiger partial charge in [0.1, 0.15) is 5.90 Å². The maximum Gasteiger partial charge on any atom is 0.225 e. The van der Waals surface area contributed by atoms with Crippen LogP contribution in [0.1, 0.15) is 0 Å². The van der Waals surface area contributed by atoms with Gasteiger partial charge in [-0.2, -0.15) is 0 Å². The van der Waals surface area contributed by atoms with E-state index in [1.165, 1.54) is 18.8 Å². The van der Waals surface area contributed by atoms with E-state index in [-0.39, 0.29) is 25.6 Å². The monoisotopic (exact) mass is 190 g/mol. The molecule has 0 fully saturated rings. The molecule has 3 N–H and O–H groups in total. The van der Waals surface area contributed by atoms with Gasteiger partial charge in [0.05, 0.1) is 0 Å². The number of methoxy groups -OCH3 is 2. The Morgan fingerprint density at radius 2 is 2.23 bits per heavy atom. The third-order valence-corrected chi connectivity index (χ3v) is 1.67. The van der Waals surface area contributed by atoms with Gasteiger partial charge in [-0.25, -0.2) is 0 Å². The second kappa shape index (κ2) is 4.33. The van der Waals surface area contributed by atoms with Gasteiger partial charge in [0.2, 0.25) is 6.73 Å². The number of rotatable bonds is 4. The van der Waals surface area contributed by atoms with Crippen LogP contribution in [0.3, 0.4) is 0 Å². The molecule has 76 valence electrons. The topological polar surface area (TPSA) is 66.4 Å². The standard InChI is InChI=1S/C7H14N2O4/c1-12-4-8-3-9(5-13-2)7(11)6(8)10/h3,8,10-11H,4-5H2,1-2H3. The first-order valence-corrected chi connectivity index (χ1v) is 3.78. The lowest BCUT2D eigenvalue weighted by Crippen LogP contribution is -3.10. The van der Waals surface area contributed by atoms with Crippen molar-refractivity contribution in [2.24, 2.45) is 0 Å². The Balaban J connectivity index is 2.57. The van der Waals surface area contributed by atoms with Crippen LogP contribution in [-0.2, 0) is 9.47 Å². The molecule has 0 aromatic carbocycles. The zero-order valence-corrected chi connectivity index (χ0v) is 7.65. The van der Waals surface area contributed by atoms with E-state index >= 15 is 0 Å². The summed E-state index contributed by atoms with van der Waals surface area (Å²) in [6.07, 6.45) is -0.154. The molecule has 0 radical (unpaired) electrons. The fourth-order valence-electron chi connectivity index (χ4n) is 1.09. The lowest BCUT2D eigenvalue weighted by Gasteiger charge is -2.27. The largest absolute Gasteiger partial charge is 0.564 e. The molecule has 0 aromatic rings. The Morgan fingerprint density at radius 1 is 1.54 bits per heavy atom. The Bertz CT molecular complexity index is 207. The number of ether oxygens (including phenoxy) is 2. The lowest BCUT2D eigenvalue weighted by molar-refractivity contribution is -0.929. The van der Waals surface area contributed by atoms with Crippen LogP contribution >= 0.6 is 0 Å². The van der Waals surface area contributed by atoms with Crippen molar-refractivity contribution in [2.75, 3.05) is 27.7 Å². The van der Waals surface area contributed by atoms with Gasteiger partial charge in [-0.3, -0.25) is 4.58 Å². The maximum absolute atomic E-state index is 9.37. The van der Waals surface area contributed by atoms with Crippen molar-refractivity contribution >= 4 is 5.90 Å². The van der Waals surface area contributed by atoms with Crippen LogP contribution in [0.15, 0.2) is 0 Å². The molecule has 1 aliphatic rings. The summed E-state index contributed by atoms with van der Waals surface area (Å²) >= 11 is 0. The highest BCUT2D eigenvalue weighted by Gasteiger charge is 2.22. The minimum atomic E-state index is -0.200. The van der Waals surface area contributed by atoms with Crippen LogP contribution in [0, 0.1) is 12.9 Å². The summed E-state index contributed by atoms with van der Waals surface area (Å²) in [7, 11) is 3.02. The van der Waals surface area contributed by atoms with Gasteiger partial charge in [-0.1, -0.05) is 0 Å². The molecule has 1 atom stereocenters. The summed E-state index contributed by atoms with van der Waals surface area (Å²) < 4.78 is 11.0. The van der Waals surface area contributed by atoms with Gasteiger partial charge < -0.3 is 24.6 Å². The number of aliphatic hydroxyl groups is 2. The molecule has 1 heterocycles. The molecule has 0 amide bonds. The van der Waals surface area contributed by atoms with Gasteiger partial charge in [0, 0.05) is 14.2 Å². The molecule has 1 rings (SSSR count). The van der Waals surface area contributed by atoms with Crippen molar-refractivity contribution in [1.29, 1.82) is 0 Å². The SMILES string of the molecule is COC[N+]1=C(O)[C-](O)[NH+](COC)[CH-]1. The molecular weight excluding hydrogens is 176 g/mol. The van der Waals surface area contributed by atoms with E-state index in [1.54, 1.807) is 6.67 Å². The highest BCUT2D eigenvalue weighted by Crippen LogP contribution is 1.96. The van der Waals surface area contributed by atoms with Crippen LogP contribution in [-0.4, -0.2) is 48.4 Å². The third-order valence-electron chi connectivity index (χ3n) is 1.67. The molecule has 0 aliphatic carbocycles. The average molecular weight is 190 g/mol. The molecule has 6 nitrogen and oxygen atoms in total. The number of nitrogens with zero attached hydrogens (tertiary/aromatic N) is 1. The summed E-state index contributed by atoms with van der Waals surface area (Å²) in [6, 6.07) is 0. The van der Waals surface area contributed by atoms with Crippen molar-refractivity contribution in [2.45, 2.75) is 0 Å². The second-order valence-corrected chi connectivity index (χ2v) is 2.65. The van der Waals surface area contributed by atoms with Crippen molar-refractivity contribution in [3.05, 3.63) is 12.9 Å². The van der Waals surface area contributed by atoms with E-state index in [0.717, 1.165) is 0 Å². The first-order chi connectivity index (χ1) is 6.20. The minimum absolute atomic E-state index is 0.154. The van der Waals surface area contributed by atoms with E-state index in [0.29, 0.717) is 4.90 Å². The number of aliphatic hydroxyl groups excluding tert-OH is 2. The highest BCUT2D eigenvalue weighted by atomic mass is 16.5. The fraction of sp³-hybridized carbons (Fsp3) is 0.571. The van der Waals surface area contributed by atoms with Crippen molar-refractivity contribution in [3.8, 4) is 0 Å². The smallest absolute Gasteiger partial charge is 0.225 e. The Labute approximate surface area is 76.6 Å². The molecule has 0 spiro atoms. The maximum atomic E-state index is 9.37. The second-order valence-electron chi connectivity index (χ2n) is 2.65. The molecule has 0 bridgehead atoms. The van der Waals surface area contributed by atoms with E-state index < -0.39 is 0 Å². The van der Waals surface area contributed by atoms with Gasteiger partial charge >= 0.3 is 0 Å². The quantitative estimate of drug-likeness (QED) is 0.356. The zero-order valence-electron chi connectivity index (χ0n) is 7.65. The zero-order chi connectivity index (χ0) is 9.84. The fourth-order valence-corrected chi connectivity index (χ4v) is 1.09. The number of nitrogens with one attached hydrogen (secondary N) is 1. The summed E-state index contributed by atoms with van der Waals surface area (Å²) in [4.78, 5) is 0.539. The van der Waals surface area contributed by atoms with Crippen molar-refractivity contribution < 1.29 is 29.2 Å². The summed E-state index contributed by atoms with van der Waals surface area (Å²) in [6.45, 7) is 2.04. The summed E-state index contributed by atoms with van der Waals surface area (Å²) in [5, 5.41) is 18.7. The van der Waals surface area contributed by atoms with E-state index in [9.17, 15) is 10.2 Å². The third kappa shape index (κ3) is 2.04. The molecule has 0 saturated carbocycles. The predicted molar refractivity (Wildman–Crippen MR) is 42.1 cm³/mol. The number of hydrogen-bond donors (Lipinski definition) is 3. The molecule has 0 saturated heterocycles. The van der Waals surface area contributed by atoms with Gasteiger partial charge in [0.15, 0.2) is 13.4 Å². The molecule has 13 heavy (non-hydrogen) atoms.